The average Bonchev–Trinajstić information content (AvgIpc) is 2.94. The molecule has 1 aliphatic carbocycles. The standard InChI is InChI=1S/C15H19N3O/c1-11-7-13(11)9-16-10-15-17-14(18-19-15)8-12-5-3-2-4-6-12/h2-6,11,13,16H,7-10H2,1H3. The Kier molecular flexibility index (Phi) is 3.60. The first-order valence-electron chi connectivity index (χ1n) is 6.87. The highest BCUT2D eigenvalue weighted by atomic mass is 16.5. The normalized spacial score (nSPS) is 21.5. The lowest BCUT2D eigenvalue weighted by Crippen LogP contribution is -2.17. The molecule has 1 aliphatic rings. The van der Waals surface area contributed by atoms with Crippen molar-refractivity contribution in [2.24, 2.45) is 11.8 Å². The molecule has 2 aromatic rings. The van der Waals surface area contributed by atoms with E-state index in [9.17, 15) is 0 Å². The lowest BCUT2D eigenvalue weighted by Gasteiger charge is -1.98. The smallest absolute Gasteiger partial charge is 0.240 e. The zero-order chi connectivity index (χ0) is 13.1. The Hall–Kier alpha value is -1.68. The molecular formula is C15H19N3O. The van der Waals surface area contributed by atoms with E-state index in [4.69, 9.17) is 4.52 Å². The lowest BCUT2D eigenvalue weighted by atomic mass is 10.1. The van der Waals surface area contributed by atoms with E-state index in [0.29, 0.717) is 12.4 Å². The van der Waals surface area contributed by atoms with Gasteiger partial charge in [0.15, 0.2) is 5.82 Å². The van der Waals surface area contributed by atoms with Crippen LogP contribution in [-0.2, 0) is 13.0 Å². The van der Waals surface area contributed by atoms with E-state index in [2.05, 4.69) is 34.5 Å². The quantitative estimate of drug-likeness (QED) is 0.863. The third-order valence-corrected chi connectivity index (χ3v) is 3.67. The van der Waals surface area contributed by atoms with Crippen molar-refractivity contribution in [2.45, 2.75) is 26.3 Å². The van der Waals surface area contributed by atoms with Gasteiger partial charge in [-0.3, -0.25) is 0 Å². The summed E-state index contributed by atoms with van der Waals surface area (Å²) in [6.07, 6.45) is 2.07. The monoisotopic (exact) mass is 257 g/mol. The van der Waals surface area contributed by atoms with Crippen LogP contribution < -0.4 is 5.32 Å². The van der Waals surface area contributed by atoms with Gasteiger partial charge in [-0.1, -0.05) is 42.4 Å². The molecule has 19 heavy (non-hydrogen) atoms. The summed E-state index contributed by atoms with van der Waals surface area (Å²) >= 11 is 0. The van der Waals surface area contributed by atoms with Crippen LogP contribution in [0.15, 0.2) is 34.9 Å². The fourth-order valence-corrected chi connectivity index (χ4v) is 2.26. The predicted molar refractivity (Wildman–Crippen MR) is 72.5 cm³/mol. The summed E-state index contributed by atoms with van der Waals surface area (Å²) in [5.74, 6) is 3.15. The number of aromatic nitrogens is 2. The third-order valence-electron chi connectivity index (χ3n) is 3.67. The van der Waals surface area contributed by atoms with E-state index in [1.165, 1.54) is 12.0 Å². The van der Waals surface area contributed by atoms with Crippen LogP contribution in [0.2, 0.25) is 0 Å². The highest BCUT2D eigenvalue weighted by molar-refractivity contribution is 5.18. The van der Waals surface area contributed by atoms with Gasteiger partial charge in [0.2, 0.25) is 5.89 Å². The number of nitrogens with one attached hydrogen (secondary N) is 1. The molecule has 1 aromatic carbocycles. The van der Waals surface area contributed by atoms with E-state index >= 15 is 0 Å². The molecule has 3 rings (SSSR count). The van der Waals surface area contributed by atoms with Crippen molar-refractivity contribution in [1.29, 1.82) is 0 Å². The highest BCUT2D eigenvalue weighted by Gasteiger charge is 2.31. The molecule has 1 fully saturated rings. The molecule has 0 amide bonds. The van der Waals surface area contributed by atoms with Crippen LogP contribution in [0, 0.1) is 11.8 Å². The van der Waals surface area contributed by atoms with Crippen LogP contribution >= 0.6 is 0 Å². The van der Waals surface area contributed by atoms with Gasteiger partial charge < -0.3 is 9.84 Å². The molecule has 1 heterocycles. The van der Waals surface area contributed by atoms with Crippen LogP contribution in [-0.4, -0.2) is 16.7 Å². The average molecular weight is 257 g/mol. The molecule has 100 valence electrons. The lowest BCUT2D eigenvalue weighted by molar-refractivity contribution is 0.362. The zero-order valence-electron chi connectivity index (χ0n) is 11.2. The van der Waals surface area contributed by atoms with Crippen LogP contribution in [0.4, 0.5) is 0 Å². The van der Waals surface area contributed by atoms with E-state index in [-0.39, 0.29) is 0 Å². The molecule has 1 N–H and O–H groups in total. The third kappa shape index (κ3) is 3.41. The van der Waals surface area contributed by atoms with Gasteiger partial charge in [-0.2, -0.15) is 4.98 Å². The minimum absolute atomic E-state index is 0.672. The first-order valence-corrected chi connectivity index (χ1v) is 6.87. The van der Waals surface area contributed by atoms with Crippen molar-refractivity contribution in [1.82, 2.24) is 15.5 Å². The van der Waals surface area contributed by atoms with E-state index in [1.807, 2.05) is 18.2 Å². The molecule has 0 radical (unpaired) electrons. The molecule has 1 saturated carbocycles. The van der Waals surface area contributed by atoms with E-state index in [0.717, 1.165) is 30.6 Å². The van der Waals surface area contributed by atoms with Crippen molar-refractivity contribution in [3.8, 4) is 0 Å². The Morgan fingerprint density at radius 3 is 2.84 bits per heavy atom. The molecular weight excluding hydrogens is 238 g/mol. The van der Waals surface area contributed by atoms with Crippen molar-refractivity contribution >= 4 is 0 Å². The Labute approximate surface area is 113 Å². The maximum absolute atomic E-state index is 5.24. The Morgan fingerprint density at radius 2 is 2.11 bits per heavy atom. The van der Waals surface area contributed by atoms with E-state index in [1.54, 1.807) is 0 Å². The number of benzene rings is 1. The maximum atomic E-state index is 5.24. The van der Waals surface area contributed by atoms with Gasteiger partial charge in [-0.25, -0.2) is 0 Å². The number of nitrogens with zero attached hydrogens (tertiary/aromatic N) is 2. The molecule has 2 unspecified atom stereocenters. The minimum Gasteiger partial charge on any atom is -0.338 e. The molecule has 4 heteroatoms. The maximum Gasteiger partial charge on any atom is 0.240 e. The van der Waals surface area contributed by atoms with Crippen molar-refractivity contribution in [2.75, 3.05) is 6.54 Å². The largest absolute Gasteiger partial charge is 0.338 e. The summed E-state index contributed by atoms with van der Waals surface area (Å²) in [5, 5.41) is 7.39. The van der Waals surface area contributed by atoms with Gasteiger partial charge in [0, 0.05) is 6.42 Å². The first kappa shape index (κ1) is 12.4. The molecule has 0 aliphatic heterocycles. The van der Waals surface area contributed by atoms with Crippen LogP contribution in [0.25, 0.3) is 0 Å². The summed E-state index contributed by atoms with van der Waals surface area (Å²) in [5.41, 5.74) is 1.20. The van der Waals surface area contributed by atoms with E-state index < -0.39 is 0 Å². The zero-order valence-corrected chi connectivity index (χ0v) is 11.2. The van der Waals surface area contributed by atoms with Crippen LogP contribution in [0.1, 0.15) is 30.6 Å². The number of hydrogen-bond acceptors (Lipinski definition) is 4. The Balaban J connectivity index is 1.48. The number of hydrogen-bond donors (Lipinski definition) is 1. The Morgan fingerprint density at radius 1 is 1.32 bits per heavy atom. The van der Waals surface area contributed by atoms with Crippen molar-refractivity contribution < 1.29 is 4.52 Å². The number of rotatable bonds is 6. The Bertz CT molecular complexity index is 523. The summed E-state index contributed by atoms with van der Waals surface area (Å²) in [4.78, 5) is 4.40. The minimum atomic E-state index is 0.672. The molecule has 2 atom stereocenters. The van der Waals surface area contributed by atoms with Gasteiger partial charge in [-0.15, -0.1) is 0 Å². The van der Waals surface area contributed by atoms with Gasteiger partial charge in [0.25, 0.3) is 0 Å². The van der Waals surface area contributed by atoms with Crippen LogP contribution in [0.5, 0.6) is 0 Å². The molecule has 0 saturated heterocycles. The van der Waals surface area contributed by atoms with Crippen molar-refractivity contribution in [3.05, 3.63) is 47.6 Å². The summed E-state index contributed by atoms with van der Waals surface area (Å²) in [7, 11) is 0. The second-order valence-electron chi connectivity index (χ2n) is 5.37. The highest BCUT2D eigenvalue weighted by Crippen LogP contribution is 2.36. The predicted octanol–water partition coefficient (Wildman–Crippen LogP) is 2.41. The van der Waals surface area contributed by atoms with Gasteiger partial charge in [-0.05, 0) is 30.4 Å². The molecule has 1 aromatic heterocycles. The second kappa shape index (κ2) is 5.53. The van der Waals surface area contributed by atoms with Gasteiger partial charge >= 0.3 is 0 Å². The summed E-state index contributed by atoms with van der Waals surface area (Å²) in [6.45, 7) is 4.01. The fraction of sp³-hybridized carbons (Fsp3) is 0.467. The summed E-state index contributed by atoms with van der Waals surface area (Å²) < 4.78 is 5.24. The first-order chi connectivity index (χ1) is 9.31. The molecule has 0 spiro atoms. The molecule has 4 nitrogen and oxygen atoms in total. The SMILES string of the molecule is CC1CC1CNCc1nc(Cc2ccccc2)no1. The second-order valence-corrected chi connectivity index (χ2v) is 5.37. The topological polar surface area (TPSA) is 51.0 Å². The van der Waals surface area contributed by atoms with Crippen LogP contribution in [0.3, 0.4) is 0 Å². The van der Waals surface area contributed by atoms with Crippen molar-refractivity contribution in [3.63, 3.8) is 0 Å². The molecule has 0 bridgehead atoms. The van der Waals surface area contributed by atoms with Gasteiger partial charge in [0.05, 0.1) is 6.54 Å². The fourth-order valence-electron chi connectivity index (χ4n) is 2.26. The summed E-state index contributed by atoms with van der Waals surface area (Å²) in [6, 6.07) is 10.2. The van der Waals surface area contributed by atoms with Gasteiger partial charge in [0.1, 0.15) is 0 Å².